The molecule has 0 saturated heterocycles. The molecule has 2 unspecified atom stereocenters. The first kappa shape index (κ1) is 18.4. The van der Waals surface area contributed by atoms with E-state index < -0.39 is 29.6 Å². The molecule has 144 valence electrons. The summed E-state index contributed by atoms with van der Waals surface area (Å²) in [6.45, 7) is 0. The van der Waals surface area contributed by atoms with Crippen molar-refractivity contribution < 1.29 is 19.1 Å². The molecule has 0 aliphatic carbocycles. The standard InChI is InChI=1S/C22H17N3O4/c1-24-21(27)18-17(13-8-10-15(29-2)11-9-13)16(12-23)20(26)25(19(18)22(24)28)14-6-4-3-5-7-14/h3-11,16-17H,1-2H3. The first-order valence-electron chi connectivity index (χ1n) is 8.98. The lowest BCUT2D eigenvalue weighted by molar-refractivity contribution is -0.136. The van der Waals surface area contributed by atoms with Gasteiger partial charge in [0.15, 0.2) is 0 Å². The van der Waals surface area contributed by atoms with E-state index in [1.165, 1.54) is 19.1 Å². The number of hydrogen-bond acceptors (Lipinski definition) is 5. The van der Waals surface area contributed by atoms with Crippen LogP contribution in [0.4, 0.5) is 5.69 Å². The van der Waals surface area contributed by atoms with Crippen LogP contribution in [0.15, 0.2) is 65.9 Å². The summed E-state index contributed by atoms with van der Waals surface area (Å²) in [4.78, 5) is 41.4. The van der Waals surface area contributed by atoms with Crippen molar-refractivity contribution in [3.63, 3.8) is 0 Å². The van der Waals surface area contributed by atoms with Crippen LogP contribution in [0.1, 0.15) is 11.5 Å². The number of anilines is 1. The number of likely N-dealkylation sites (N-methyl/N-ethyl adjacent to an activating group) is 1. The van der Waals surface area contributed by atoms with Gasteiger partial charge in [0.1, 0.15) is 17.4 Å². The molecule has 7 heteroatoms. The normalized spacial score (nSPS) is 21.3. The molecule has 2 aromatic rings. The number of methoxy groups -OCH3 is 1. The molecular formula is C22H17N3O4. The Hall–Kier alpha value is -3.92. The second-order valence-corrected chi connectivity index (χ2v) is 6.80. The van der Waals surface area contributed by atoms with Gasteiger partial charge in [0.05, 0.1) is 18.8 Å². The molecule has 0 saturated carbocycles. The van der Waals surface area contributed by atoms with E-state index in [0.717, 1.165) is 4.90 Å². The van der Waals surface area contributed by atoms with Crippen molar-refractivity contribution in [3.8, 4) is 11.8 Å². The van der Waals surface area contributed by atoms with E-state index >= 15 is 0 Å². The van der Waals surface area contributed by atoms with Crippen molar-refractivity contribution in [2.75, 3.05) is 19.1 Å². The zero-order valence-electron chi connectivity index (χ0n) is 15.8. The van der Waals surface area contributed by atoms with E-state index in [4.69, 9.17) is 4.74 Å². The maximum Gasteiger partial charge on any atom is 0.278 e. The number of hydrogen-bond donors (Lipinski definition) is 0. The summed E-state index contributed by atoms with van der Waals surface area (Å²) in [7, 11) is 2.91. The Bertz CT molecular complexity index is 1080. The van der Waals surface area contributed by atoms with Gasteiger partial charge >= 0.3 is 0 Å². The quantitative estimate of drug-likeness (QED) is 0.753. The number of carbonyl (C=O) groups excluding carboxylic acids is 3. The lowest BCUT2D eigenvalue weighted by atomic mass is 9.77. The van der Waals surface area contributed by atoms with E-state index in [9.17, 15) is 19.6 Å². The predicted molar refractivity (Wildman–Crippen MR) is 104 cm³/mol. The fraction of sp³-hybridized carbons (Fsp3) is 0.182. The lowest BCUT2D eigenvalue weighted by Crippen LogP contribution is -2.44. The van der Waals surface area contributed by atoms with Crippen LogP contribution in [0.25, 0.3) is 0 Å². The molecule has 2 heterocycles. The first-order valence-corrected chi connectivity index (χ1v) is 8.98. The monoisotopic (exact) mass is 387 g/mol. The molecule has 0 radical (unpaired) electrons. The van der Waals surface area contributed by atoms with Gasteiger partial charge in [0.25, 0.3) is 11.8 Å². The summed E-state index contributed by atoms with van der Waals surface area (Å²) in [5.41, 5.74) is 1.22. The summed E-state index contributed by atoms with van der Waals surface area (Å²) in [6, 6.07) is 17.4. The van der Waals surface area contributed by atoms with E-state index in [1.807, 2.05) is 0 Å². The SMILES string of the molecule is COc1ccc(C2C3=C(C(=O)N(C)C3=O)N(c3ccccc3)C(=O)C2C#N)cc1. The van der Waals surface area contributed by atoms with Crippen LogP contribution in [0.2, 0.25) is 0 Å². The van der Waals surface area contributed by atoms with Gasteiger partial charge in [-0.25, -0.2) is 0 Å². The molecule has 0 fully saturated rings. The minimum Gasteiger partial charge on any atom is -0.497 e. The van der Waals surface area contributed by atoms with Crippen molar-refractivity contribution >= 4 is 23.4 Å². The second-order valence-electron chi connectivity index (χ2n) is 6.80. The molecule has 7 nitrogen and oxygen atoms in total. The van der Waals surface area contributed by atoms with E-state index in [2.05, 4.69) is 6.07 Å². The molecule has 0 bridgehead atoms. The molecule has 0 aromatic heterocycles. The molecule has 0 spiro atoms. The number of rotatable bonds is 3. The maximum atomic E-state index is 13.3. The average Bonchev–Trinajstić information content (AvgIpc) is 2.97. The number of benzene rings is 2. The third-order valence-corrected chi connectivity index (χ3v) is 5.28. The highest BCUT2D eigenvalue weighted by Gasteiger charge is 2.53. The lowest BCUT2D eigenvalue weighted by Gasteiger charge is -2.34. The number of nitrogens with zero attached hydrogens (tertiary/aromatic N) is 3. The van der Waals surface area contributed by atoms with E-state index in [0.29, 0.717) is 17.0 Å². The van der Waals surface area contributed by atoms with Crippen molar-refractivity contribution in [1.82, 2.24) is 4.90 Å². The largest absolute Gasteiger partial charge is 0.497 e. The van der Waals surface area contributed by atoms with Crippen LogP contribution >= 0.6 is 0 Å². The Balaban J connectivity index is 1.96. The van der Waals surface area contributed by atoms with Crippen LogP contribution < -0.4 is 9.64 Å². The average molecular weight is 387 g/mol. The Morgan fingerprint density at radius 2 is 1.62 bits per heavy atom. The van der Waals surface area contributed by atoms with Crippen LogP contribution in [0.3, 0.4) is 0 Å². The summed E-state index contributed by atoms with van der Waals surface area (Å²) >= 11 is 0. The van der Waals surface area contributed by atoms with Gasteiger partial charge in [-0.1, -0.05) is 30.3 Å². The summed E-state index contributed by atoms with van der Waals surface area (Å²) in [5.74, 6) is -2.97. The number of nitriles is 1. The van der Waals surface area contributed by atoms with E-state index in [-0.39, 0.29) is 11.3 Å². The zero-order chi connectivity index (χ0) is 20.7. The van der Waals surface area contributed by atoms with Gasteiger partial charge in [0.2, 0.25) is 5.91 Å². The summed E-state index contributed by atoms with van der Waals surface area (Å²) in [6.07, 6.45) is 0. The minimum atomic E-state index is -1.15. The maximum absolute atomic E-state index is 13.3. The molecule has 2 atom stereocenters. The van der Waals surface area contributed by atoms with Gasteiger partial charge in [0, 0.05) is 18.7 Å². The van der Waals surface area contributed by atoms with Crippen molar-refractivity contribution in [2.24, 2.45) is 5.92 Å². The predicted octanol–water partition coefficient (Wildman–Crippen LogP) is 2.22. The fourth-order valence-corrected chi connectivity index (χ4v) is 3.84. The van der Waals surface area contributed by atoms with Crippen molar-refractivity contribution in [1.29, 1.82) is 5.26 Å². The molecule has 0 N–H and O–H groups in total. The smallest absolute Gasteiger partial charge is 0.278 e. The van der Waals surface area contributed by atoms with Crippen LogP contribution in [-0.4, -0.2) is 36.8 Å². The highest BCUT2D eigenvalue weighted by molar-refractivity contribution is 6.26. The Morgan fingerprint density at radius 1 is 0.966 bits per heavy atom. The number of ether oxygens (including phenoxy) is 1. The topological polar surface area (TPSA) is 90.7 Å². The number of para-hydroxylation sites is 1. The second kappa shape index (κ2) is 6.91. The molecular weight excluding hydrogens is 370 g/mol. The van der Waals surface area contributed by atoms with E-state index in [1.54, 1.807) is 54.6 Å². The van der Waals surface area contributed by atoms with Gasteiger partial charge in [-0.05, 0) is 29.8 Å². The fourth-order valence-electron chi connectivity index (χ4n) is 3.84. The Labute approximate surface area is 167 Å². The van der Waals surface area contributed by atoms with Crippen LogP contribution in [-0.2, 0) is 14.4 Å². The van der Waals surface area contributed by atoms with Crippen molar-refractivity contribution in [3.05, 3.63) is 71.4 Å². The molecule has 2 aliphatic rings. The highest BCUT2D eigenvalue weighted by atomic mass is 16.5. The number of imide groups is 1. The van der Waals surface area contributed by atoms with Gasteiger partial charge in [-0.3, -0.25) is 24.2 Å². The van der Waals surface area contributed by atoms with Crippen LogP contribution in [0, 0.1) is 17.2 Å². The summed E-state index contributed by atoms with van der Waals surface area (Å²) in [5, 5.41) is 9.84. The van der Waals surface area contributed by atoms with Gasteiger partial charge < -0.3 is 4.74 Å². The molecule has 2 aromatic carbocycles. The summed E-state index contributed by atoms with van der Waals surface area (Å²) < 4.78 is 5.17. The highest BCUT2D eigenvalue weighted by Crippen LogP contribution is 2.45. The Kier molecular flexibility index (Phi) is 4.40. The van der Waals surface area contributed by atoms with Gasteiger partial charge in [-0.15, -0.1) is 0 Å². The molecule has 29 heavy (non-hydrogen) atoms. The van der Waals surface area contributed by atoms with Crippen molar-refractivity contribution in [2.45, 2.75) is 5.92 Å². The van der Waals surface area contributed by atoms with Crippen LogP contribution in [0.5, 0.6) is 5.75 Å². The molecule has 2 aliphatic heterocycles. The third-order valence-electron chi connectivity index (χ3n) is 5.28. The first-order chi connectivity index (χ1) is 14.0. The number of amides is 3. The Morgan fingerprint density at radius 3 is 2.21 bits per heavy atom. The van der Waals surface area contributed by atoms with Gasteiger partial charge in [-0.2, -0.15) is 5.26 Å². The molecule has 4 rings (SSSR count). The zero-order valence-corrected chi connectivity index (χ0v) is 15.8. The minimum absolute atomic E-state index is 0.0148. The third kappa shape index (κ3) is 2.69. The number of carbonyl (C=O) groups is 3. The molecule has 3 amide bonds.